The van der Waals surface area contributed by atoms with Crippen LogP contribution in [0.3, 0.4) is 0 Å². The van der Waals surface area contributed by atoms with Crippen LogP contribution in [0.5, 0.6) is 0 Å². The van der Waals surface area contributed by atoms with E-state index in [4.69, 9.17) is 5.73 Å². The number of hydrogen-bond acceptors (Lipinski definition) is 2. The molecule has 0 heterocycles. The van der Waals surface area contributed by atoms with E-state index in [-0.39, 0.29) is 17.9 Å². The van der Waals surface area contributed by atoms with Crippen LogP contribution in [0.4, 0.5) is 0 Å². The van der Waals surface area contributed by atoms with E-state index in [1.807, 2.05) is 45.0 Å². The molecular formula is C14H21BrN2O. The first-order valence-corrected chi connectivity index (χ1v) is 7.06. The standard InChI is InChI=1S/C14H21BrN2O/c1-4-9(2)13(16)14(18)17-10(3)11-5-7-12(15)8-6-11/h5-10,13H,4,16H2,1-3H3,(H,17,18)/t9?,10?,13-/m0/s1. The molecule has 0 spiro atoms. The first kappa shape index (κ1) is 15.2. The molecule has 100 valence electrons. The number of amides is 1. The minimum Gasteiger partial charge on any atom is -0.348 e. The molecule has 0 saturated heterocycles. The molecule has 0 aliphatic carbocycles. The molecule has 0 aromatic heterocycles. The molecular weight excluding hydrogens is 292 g/mol. The van der Waals surface area contributed by atoms with Gasteiger partial charge in [0.05, 0.1) is 12.1 Å². The fraction of sp³-hybridized carbons (Fsp3) is 0.500. The first-order chi connectivity index (χ1) is 8.45. The van der Waals surface area contributed by atoms with Crippen LogP contribution < -0.4 is 11.1 Å². The summed E-state index contributed by atoms with van der Waals surface area (Å²) >= 11 is 3.39. The third kappa shape index (κ3) is 4.10. The monoisotopic (exact) mass is 312 g/mol. The lowest BCUT2D eigenvalue weighted by atomic mass is 9.98. The van der Waals surface area contributed by atoms with Gasteiger partial charge in [-0.2, -0.15) is 0 Å². The third-order valence-corrected chi connectivity index (χ3v) is 3.82. The molecule has 0 aliphatic rings. The second-order valence-corrected chi connectivity index (χ2v) is 5.61. The van der Waals surface area contributed by atoms with Gasteiger partial charge in [0.25, 0.3) is 0 Å². The Balaban J connectivity index is 2.61. The van der Waals surface area contributed by atoms with Crippen molar-refractivity contribution >= 4 is 21.8 Å². The quantitative estimate of drug-likeness (QED) is 0.878. The van der Waals surface area contributed by atoms with Crippen LogP contribution in [0.2, 0.25) is 0 Å². The number of halogens is 1. The fourth-order valence-corrected chi connectivity index (χ4v) is 1.92. The Morgan fingerprint density at radius 2 is 1.89 bits per heavy atom. The van der Waals surface area contributed by atoms with Gasteiger partial charge in [-0.1, -0.05) is 48.3 Å². The number of benzene rings is 1. The number of carbonyl (C=O) groups is 1. The molecule has 3 atom stereocenters. The van der Waals surface area contributed by atoms with Crippen LogP contribution in [-0.4, -0.2) is 11.9 Å². The topological polar surface area (TPSA) is 55.1 Å². The summed E-state index contributed by atoms with van der Waals surface area (Å²) in [6.07, 6.45) is 0.904. The lowest BCUT2D eigenvalue weighted by molar-refractivity contribution is -0.124. The summed E-state index contributed by atoms with van der Waals surface area (Å²) in [5.74, 6) is 0.113. The van der Waals surface area contributed by atoms with Gasteiger partial charge in [0.1, 0.15) is 0 Å². The van der Waals surface area contributed by atoms with Crippen molar-refractivity contribution in [2.75, 3.05) is 0 Å². The Bertz CT molecular complexity index is 391. The van der Waals surface area contributed by atoms with Crippen LogP contribution in [0.15, 0.2) is 28.7 Å². The van der Waals surface area contributed by atoms with Crippen LogP contribution in [0, 0.1) is 5.92 Å². The summed E-state index contributed by atoms with van der Waals surface area (Å²) in [6.45, 7) is 6.00. The van der Waals surface area contributed by atoms with E-state index in [1.165, 1.54) is 0 Å². The second kappa shape index (κ2) is 6.90. The molecule has 2 unspecified atom stereocenters. The number of hydrogen-bond donors (Lipinski definition) is 2. The molecule has 0 bridgehead atoms. The van der Waals surface area contributed by atoms with E-state index in [0.29, 0.717) is 0 Å². The molecule has 0 aliphatic heterocycles. The van der Waals surface area contributed by atoms with Crippen molar-refractivity contribution in [1.29, 1.82) is 0 Å². The van der Waals surface area contributed by atoms with Crippen LogP contribution in [-0.2, 0) is 4.79 Å². The van der Waals surface area contributed by atoms with E-state index < -0.39 is 6.04 Å². The van der Waals surface area contributed by atoms with Gasteiger partial charge in [-0.05, 0) is 30.5 Å². The van der Waals surface area contributed by atoms with Crippen molar-refractivity contribution in [2.45, 2.75) is 39.3 Å². The Kier molecular flexibility index (Phi) is 5.82. The van der Waals surface area contributed by atoms with E-state index in [9.17, 15) is 4.79 Å². The third-order valence-electron chi connectivity index (χ3n) is 3.29. The van der Waals surface area contributed by atoms with Gasteiger partial charge >= 0.3 is 0 Å². The highest BCUT2D eigenvalue weighted by molar-refractivity contribution is 9.10. The number of nitrogens with two attached hydrogens (primary N) is 1. The molecule has 1 aromatic rings. The first-order valence-electron chi connectivity index (χ1n) is 6.27. The summed E-state index contributed by atoms with van der Waals surface area (Å²) < 4.78 is 1.03. The van der Waals surface area contributed by atoms with Crippen LogP contribution in [0.1, 0.15) is 38.8 Å². The van der Waals surface area contributed by atoms with Crippen molar-refractivity contribution in [3.63, 3.8) is 0 Å². The average Bonchev–Trinajstić information content (AvgIpc) is 2.37. The van der Waals surface area contributed by atoms with Gasteiger partial charge in [0, 0.05) is 4.47 Å². The second-order valence-electron chi connectivity index (χ2n) is 4.69. The Morgan fingerprint density at radius 1 is 1.33 bits per heavy atom. The highest BCUT2D eigenvalue weighted by Gasteiger charge is 2.21. The van der Waals surface area contributed by atoms with Crippen molar-refractivity contribution in [3.8, 4) is 0 Å². The number of rotatable bonds is 5. The largest absolute Gasteiger partial charge is 0.348 e. The van der Waals surface area contributed by atoms with Crippen molar-refractivity contribution in [2.24, 2.45) is 11.7 Å². The van der Waals surface area contributed by atoms with E-state index in [0.717, 1.165) is 16.5 Å². The van der Waals surface area contributed by atoms with E-state index >= 15 is 0 Å². The number of nitrogens with one attached hydrogen (secondary N) is 1. The van der Waals surface area contributed by atoms with Crippen molar-refractivity contribution < 1.29 is 4.79 Å². The minimum atomic E-state index is -0.437. The summed E-state index contributed by atoms with van der Waals surface area (Å²) in [7, 11) is 0. The van der Waals surface area contributed by atoms with Crippen LogP contribution >= 0.6 is 15.9 Å². The lowest BCUT2D eigenvalue weighted by Crippen LogP contribution is -2.45. The van der Waals surface area contributed by atoms with Crippen molar-refractivity contribution in [3.05, 3.63) is 34.3 Å². The Morgan fingerprint density at radius 3 is 2.39 bits per heavy atom. The maximum absolute atomic E-state index is 11.9. The normalized spacial score (nSPS) is 15.8. The molecule has 4 heteroatoms. The SMILES string of the molecule is CCC(C)[C@H](N)C(=O)NC(C)c1ccc(Br)cc1. The van der Waals surface area contributed by atoms with Gasteiger partial charge in [-0.15, -0.1) is 0 Å². The average molecular weight is 313 g/mol. The molecule has 0 saturated carbocycles. The fourth-order valence-electron chi connectivity index (χ4n) is 1.66. The molecule has 1 aromatic carbocycles. The molecule has 3 N–H and O–H groups in total. The molecule has 0 radical (unpaired) electrons. The molecule has 3 nitrogen and oxygen atoms in total. The summed E-state index contributed by atoms with van der Waals surface area (Å²) in [5.41, 5.74) is 6.97. The predicted octanol–water partition coefficient (Wildman–Crippen LogP) is 3.00. The van der Waals surface area contributed by atoms with Gasteiger partial charge in [-0.25, -0.2) is 0 Å². The minimum absolute atomic E-state index is 0.0271. The van der Waals surface area contributed by atoms with Crippen molar-refractivity contribution in [1.82, 2.24) is 5.32 Å². The molecule has 1 amide bonds. The molecule has 0 fully saturated rings. The predicted molar refractivity (Wildman–Crippen MR) is 78.1 cm³/mol. The summed E-state index contributed by atoms with van der Waals surface area (Å²) in [5, 5.41) is 2.95. The zero-order valence-corrected chi connectivity index (χ0v) is 12.7. The molecule has 1 rings (SSSR count). The molecule has 18 heavy (non-hydrogen) atoms. The zero-order valence-electron chi connectivity index (χ0n) is 11.1. The van der Waals surface area contributed by atoms with Gasteiger partial charge in [-0.3, -0.25) is 4.79 Å². The highest BCUT2D eigenvalue weighted by atomic mass is 79.9. The Labute approximate surface area is 117 Å². The van der Waals surface area contributed by atoms with Gasteiger partial charge < -0.3 is 11.1 Å². The van der Waals surface area contributed by atoms with E-state index in [2.05, 4.69) is 21.2 Å². The van der Waals surface area contributed by atoms with Gasteiger partial charge in [0.15, 0.2) is 0 Å². The maximum Gasteiger partial charge on any atom is 0.237 e. The highest BCUT2D eigenvalue weighted by Crippen LogP contribution is 2.17. The van der Waals surface area contributed by atoms with E-state index in [1.54, 1.807) is 0 Å². The van der Waals surface area contributed by atoms with Crippen LogP contribution in [0.25, 0.3) is 0 Å². The summed E-state index contributed by atoms with van der Waals surface area (Å²) in [4.78, 5) is 11.9. The Hall–Kier alpha value is -0.870. The zero-order chi connectivity index (χ0) is 13.7. The summed E-state index contributed by atoms with van der Waals surface area (Å²) in [6, 6.07) is 7.45. The van der Waals surface area contributed by atoms with Gasteiger partial charge in [0.2, 0.25) is 5.91 Å². The lowest BCUT2D eigenvalue weighted by Gasteiger charge is -2.21. The number of carbonyl (C=O) groups excluding carboxylic acids is 1. The smallest absolute Gasteiger partial charge is 0.237 e. The maximum atomic E-state index is 11.9.